The summed E-state index contributed by atoms with van der Waals surface area (Å²) >= 11 is 0. The molecule has 1 amide bonds. The molecule has 4 heterocycles. The van der Waals surface area contributed by atoms with Crippen molar-refractivity contribution < 1.29 is 18.3 Å². The minimum absolute atomic E-state index is 0.105. The lowest BCUT2D eigenvalue weighted by Gasteiger charge is -2.19. The van der Waals surface area contributed by atoms with Crippen LogP contribution in [0.3, 0.4) is 0 Å². The summed E-state index contributed by atoms with van der Waals surface area (Å²) in [5.41, 5.74) is 2.42. The predicted molar refractivity (Wildman–Crippen MR) is 106 cm³/mol. The summed E-state index contributed by atoms with van der Waals surface area (Å²) < 4.78 is 38.7. The van der Waals surface area contributed by atoms with Crippen molar-refractivity contribution >= 4 is 5.91 Å². The summed E-state index contributed by atoms with van der Waals surface area (Å²) in [5.74, 6) is -1.54. The van der Waals surface area contributed by atoms with Gasteiger partial charge in [0, 0.05) is 55.8 Å². The van der Waals surface area contributed by atoms with Gasteiger partial charge < -0.3 is 14.2 Å². The summed E-state index contributed by atoms with van der Waals surface area (Å²) in [6.07, 6.45) is 7.26. The van der Waals surface area contributed by atoms with Crippen LogP contribution in [0, 0.1) is 11.6 Å². The molecule has 8 heteroatoms. The number of fused-ring (bicyclic) bond motifs is 1. The van der Waals surface area contributed by atoms with Gasteiger partial charge in [0.2, 0.25) is 0 Å². The largest absolute Gasteiger partial charge is 0.376 e. The van der Waals surface area contributed by atoms with E-state index in [4.69, 9.17) is 4.74 Å². The molecular formula is C22H22F2N4O2. The second-order valence-electron chi connectivity index (χ2n) is 7.96. The highest BCUT2D eigenvalue weighted by molar-refractivity contribution is 5.97. The summed E-state index contributed by atoms with van der Waals surface area (Å²) in [6.45, 7) is 1.60. The van der Waals surface area contributed by atoms with Crippen molar-refractivity contribution in [2.45, 2.75) is 38.6 Å². The van der Waals surface area contributed by atoms with Crippen LogP contribution in [0.5, 0.6) is 0 Å². The first-order chi connectivity index (χ1) is 14.5. The number of carbonyl (C=O) groups excluding carboxylic acids is 1. The van der Waals surface area contributed by atoms with Gasteiger partial charge in [0.15, 0.2) is 0 Å². The quantitative estimate of drug-likeness (QED) is 0.645. The van der Waals surface area contributed by atoms with Crippen LogP contribution < -0.4 is 0 Å². The first-order valence-electron chi connectivity index (χ1n) is 10.1. The number of aromatic nitrogens is 3. The third-order valence-corrected chi connectivity index (χ3v) is 5.85. The lowest BCUT2D eigenvalue weighted by molar-refractivity contribution is 0.0740. The molecule has 0 spiro atoms. The molecule has 1 unspecified atom stereocenters. The third kappa shape index (κ3) is 3.31. The van der Waals surface area contributed by atoms with Crippen LogP contribution >= 0.6 is 0 Å². The van der Waals surface area contributed by atoms with Crippen LogP contribution in [0.15, 0.2) is 36.8 Å². The minimum atomic E-state index is -0.666. The molecular weight excluding hydrogens is 390 g/mol. The van der Waals surface area contributed by atoms with E-state index in [9.17, 15) is 13.6 Å². The zero-order chi connectivity index (χ0) is 20.8. The standard InChI is InChI=1S/C22H22F2N4O2/c1-26-10-16(9-25-26)15-7-19(23)18(20(24)8-15)13-28-11-14-4-5-27(21(14)22(28)29)12-17-3-2-6-30-17/h4-5,7-10,17H,2-3,6,11-13H2,1H3. The number of halogens is 2. The van der Waals surface area contributed by atoms with Gasteiger partial charge in [-0.15, -0.1) is 0 Å². The van der Waals surface area contributed by atoms with Gasteiger partial charge in [-0.2, -0.15) is 5.10 Å². The molecule has 30 heavy (non-hydrogen) atoms. The predicted octanol–water partition coefficient (Wildman–Crippen LogP) is 3.50. The molecule has 2 aromatic heterocycles. The van der Waals surface area contributed by atoms with E-state index < -0.39 is 11.6 Å². The normalized spacial score (nSPS) is 18.4. The van der Waals surface area contributed by atoms with Crippen molar-refractivity contribution in [3.8, 4) is 11.1 Å². The lowest BCUT2D eigenvalue weighted by Crippen LogP contribution is -2.27. The van der Waals surface area contributed by atoms with Gasteiger partial charge in [-0.25, -0.2) is 8.78 Å². The van der Waals surface area contributed by atoms with Gasteiger partial charge in [0.25, 0.3) is 5.91 Å². The van der Waals surface area contributed by atoms with E-state index in [1.165, 1.54) is 17.0 Å². The Bertz CT molecular complexity index is 1090. The molecule has 2 aliphatic heterocycles. The van der Waals surface area contributed by atoms with Crippen molar-refractivity contribution in [1.82, 2.24) is 19.2 Å². The number of aryl methyl sites for hydroxylation is 1. The zero-order valence-corrected chi connectivity index (χ0v) is 16.6. The Kier molecular flexibility index (Phi) is 4.66. The van der Waals surface area contributed by atoms with E-state index in [2.05, 4.69) is 5.10 Å². The molecule has 0 N–H and O–H groups in total. The summed E-state index contributed by atoms with van der Waals surface area (Å²) in [7, 11) is 1.74. The summed E-state index contributed by atoms with van der Waals surface area (Å²) in [4.78, 5) is 14.5. The van der Waals surface area contributed by atoms with Crippen LogP contribution in [0.2, 0.25) is 0 Å². The molecule has 2 aliphatic rings. The molecule has 0 bridgehead atoms. The van der Waals surface area contributed by atoms with E-state index in [0.29, 0.717) is 29.9 Å². The number of rotatable bonds is 5. The molecule has 3 aromatic rings. The van der Waals surface area contributed by atoms with Crippen molar-refractivity contribution in [3.05, 3.63) is 65.2 Å². The number of hydrogen-bond acceptors (Lipinski definition) is 3. The van der Waals surface area contributed by atoms with E-state index in [1.54, 1.807) is 24.1 Å². The summed E-state index contributed by atoms with van der Waals surface area (Å²) in [5, 5.41) is 4.04. The van der Waals surface area contributed by atoms with Crippen molar-refractivity contribution in [2.24, 2.45) is 7.05 Å². The number of carbonyl (C=O) groups is 1. The molecule has 1 atom stereocenters. The van der Waals surface area contributed by atoms with Gasteiger partial charge in [0.1, 0.15) is 17.3 Å². The van der Waals surface area contributed by atoms with Crippen molar-refractivity contribution in [2.75, 3.05) is 6.61 Å². The first-order valence-corrected chi connectivity index (χ1v) is 10.1. The molecule has 6 nitrogen and oxygen atoms in total. The average molecular weight is 412 g/mol. The fourth-order valence-corrected chi connectivity index (χ4v) is 4.30. The van der Waals surface area contributed by atoms with Gasteiger partial charge in [-0.1, -0.05) is 0 Å². The number of hydrogen-bond donors (Lipinski definition) is 0. The van der Waals surface area contributed by atoms with Crippen molar-refractivity contribution in [3.63, 3.8) is 0 Å². The van der Waals surface area contributed by atoms with Crippen molar-refractivity contribution in [1.29, 1.82) is 0 Å². The first kappa shape index (κ1) is 19.0. The van der Waals surface area contributed by atoms with E-state index in [0.717, 1.165) is 25.0 Å². The number of ether oxygens (including phenoxy) is 1. The topological polar surface area (TPSA) is 52.3 Å². The second-order valence-corrected chi connectivity index (χ2v) is 7.96. The average Bonchev–Trinajstić information content (AvgIpc) is 3.48. The van der Waals surface area contributed by atoms with Crippen LogP contribution in [0.1, 0.15) is 34.5 Å². The third-order valence-electron chi connectivity index (χ3n) is 5.85. The SMILES string of the molecule is Cn1cc(-c2cc(F)c(CN3Cc4ccn(CC5CCCO5)c4C3=O)c(F)c2)cn1. The monoisotopic (exact) mass is 412 g/mol. The highest BCUT2D eigenvalue weighted by Gasteiger charge is 2.33. The van der Waals surface area contributed by atoms with E-state index in [1.807, 2.05) is 16.8 Å². The number of benzene rings is 1. The van der Waals surface area contributed by atoms with Gasteiger partial charge in [0.05, 0.1) is 18.8 Å². The Morgan fingerprint density at radius 1 is 1.23 bits per heavy atom. The van der Waals surface area contributed by atoms with Crippen LogP contribution in [0.25, 0.3) is 11.1 Å². The Morgan fingerprint density at radius 2 is 2.03 bits per heavy atom. The molecule has 1 fully saturated rings. The molecule has 156 valence electrons. The highest BCUT2D eigenvalue weighted by Crippen LogP contribution is 2.30. The molecule has 1 saturated heterocycles. The number of nitrogens with zero attached hydrogens (tertiary/aromatic N) is 4. The van der Waals surface area contributed by atoms with E-state index >= 15 is 0 Å². The van der Waals surface area contributed by atoms with Crippen LogP contribution in [-0.4, -0.2) is 37.9 Å². The molecule has 1 aromatic carbocycles. The Morgan fingerprint density at radius 3 is 2.70 bits per heavy atom. The maximum atomic E-state index is 14.8. The maximum absolute atomic E-state index is 14.8. The smallest absolute Gasteiger partial charge is 0.271 e. The van der Waals surface area contributed by atoms with Gasteiger partial charge in [-0.05, 0) is 36.6 Å². The zero-order valence-electron chi connectivity index (χ0n) is 16.6. The Labute approximate surface area is 172 Å². The highest BCUT2D eigenvalue weighted by atomic mass is 19.1. The molecule has 0 aliphatic carbocycles. The van der Waals surface area contributed by atoms with Gasteiger partial charge >= 0.3 is 0 Å². The molecule has 0 saturated carbocycles. The Balaban J connectivity index is 1.36. The molecule has 0 radical (unpaired) electrons. The second kappa shape index (κ2) is 7.36. The summed E-state index contributed by atoms with van der Waals surface area (Å²) in [6, 6.07) is 4.49. The Hall–Kier alpha value is -3.00. The number of amides is 1. The van der Waals surface area contributed by atoms with Gasteiger partial charge in [-0.3, -0.25) is 9.48 Å². The fraction of sp³-hybridized carbons (Fsp3) is 0.364. The fourth-order valence-electron chi connectivity index (χ4n) is 4.30. The van der Waals surface area contributed by atoms with Crippen LogP contribution in [-0.2, 0) is 31.4 Å². The molecule has 5 rings (SSSR count). The lowest BCUT2D eigenvalue weighted by atomic mass is 10.1. The minimum Gasteiger partial charge on any atom is -0.376 e. The van der Waals surface area contributed by atoms with Crippen LogP contribution in [0.4, 0.5) is 8.78 Å². The maximum Gasteiger partial charge on any atom is 0.271 e. The van der Waals surface area contributed by atoms with E-state index in [-0.39, 0.29) is 24.1 Å².